The van der Waals surface area contributed by atoms with Crippen LogP contribution >= 0.6 is 23.1 Å². The van der Waals surface area contributed by atoms with Gasteiger partial charge in [0.05, 0.1) is 13.2 Å². The fraction of sp³-hybridized carbons (Fsp3) is 0.267. The second-order valence-electron chi connectivity index (χ2n) is 5.15. The standard InChI is InChI=1S/C15H13FN4O2S2/c16-12-4-10-7-21-9-22-14(10)11(5-12)8-24-15-17-18-19-20(15)6-13-2-1-3-23-13/h1-5H,6-9H2. The Hall–Kier alpha value is -1.97. The second-order valence-corrected chi connectivity index (χ2v) is 7.13. The normalized spacial score (nSPS) is 13.5. The molecule has 24 heavy (non-hydrogen) atoms. The van der Waals surface area contributed by atoms with Crippen molar-refractivity contribution in [3.8, 4) is 5.75 Å². The predicted molar refractivity (Wildman–Crippen MR) is 87.5 cm³/mol. The minimum Gasteiger partial charge on any atom is -0.467 e. The molecule has 0 spiro atoms. The zero-order valence-electron chi connectivity index (χ0n) is 12.5. The summed E-state index contributed by atoms with van der Waals surface area (Å²) in [5.74, 6) is 0.925. The summed E-state index contributed by atoms with van der Waals surface area (Å²) in [6.45, 7) is 1.17. The van der Waals surface area contributed by atoms with Crippen molar-refractivity contribution >= 4 is 23.1 Å². The number of nitrogens with zero attached hydrogens (tertiary/aromatic N) is 4. The summed E-state index contributed by atoms with van der Waals surface area (Å²) in [7, 11) is 0. The third kappa shape index (κ3) is 3.28. The lowest BCUT2D eigenvalue weighted by Gasteiger charge is -2.20. The SMILES string of the molecule is Fc1cc2c(c(CSc3nnnn3Cc3cccs3)c1)OCOC2. The summed E-state index contributed by atoms with van der Waals surface area (Å²) in [4.78, 5) is 1.17. The first kappa shape index (κ1) is 15.6. The number of fused-ring (bicyclic) bond motifs is 1. The van der Waals surface area contributed by atoms with Gasteiger partial charge in [0, 0.05) is 21.8 Å². The van der Waals surface area contributed by atoms with Gasteiger partial charge in [0.2, 0.25) is 5.16 Å². The molecule has 4 rings (SSSR count). The van der Waals surface area contributed by atoms with Crippen molar-refractivity contribution in [1.29, 1.82) is 0 Å². The molecule has 3 heterocycles. The molecule has 3 aromatic rings. The molecule has 0 saturated heterocycles. The number of rotatable bonds is 5. The van der Waals surface area contributed by atoms with E-state index >= 15 is 0 Å². The maximum absolute atomic E-state index is 13.8. The molecule has 2 aromatic heterocycles. The van der Waals surface area contributed by atoms with Crippen LogP contribution in [-0.4, -0.2) is 27.0 Å². The molecule has 1 aromatic carbocycles. The zero-order valence-corrected chi connectivity index (χ0v) is 14.1. The summed E-state index contributed by atoms with van der Waals surface area (Å²) in [6, 6.07) is 6.97. The first-order valence-electron chi connectivity index (χ1n) is 7.23. The molecule has 0 atom stereocenters. The van der Waals surface area contributed by atoms with E-state index in [1.165, 1.54) is 28.8 Å². The Balaban J connectivity index is 1.52. The van der Waals surface area contributed by atoms with Crippen LogP contribution in [0.25, 0.3) is 0 Å². The van der Waals surface area contributed by atoms with Crippen molar-refractivity contribution in [2.75, 3.05) is 6.79 Å². The van der Waals surface area contributed by atoms with Crippen molar-refractivity contribution in [2.45, 2.75) is 24.1 Å². The van der Waals surface area contributed by atoms with Gasteiger partial charge in [-0.1, -0.05) is 17.8 Å². The summed E-state index contributed by atoms with van der Waals surface area (Å²) < 4.78 is 26.3. The number of hydrogen-bond donors (Lipinski definition) is 0. The average Bonchev–Trinajstić information content (AvgIpc) is 3.25. The molecule has 9 heteroatoms. The van der Waals surface area contributed by atoms with Gasteiger partial charge in [-0.05, 0) is 34.0 Å². The van der Waals surface area contributed by atoms with Crippen LogP contribution in [0, 0.1) is 5.82 Å². The van der Waals surface area contributed by atoms with Crippen molar-refractivity contribution < 1.29 is 13.9 Å². The van der Waals surface area contributed by atoms with Gasteiger partial charge >= 0.3 is 0 Å². The molecular weight excluding hydrogens is 351 g/mol. The highest BCUT2D eigenvalue weighted by Crippen LogP contribution is 2.33. The van der Waals surface area contributed by atoms with Gasteiger partial charge in [-0.15, -0.1) is 16.4 Å². The number of thioether (sulfide) groups is 1. The van der Waals surface area contributed by atoms with Crippen LogP contribution in [0.15, 0.2) is 34.8 Å². The van der Waals surface area contributed by atoms with E-state index in [2.05, 4.69) is 15.5 Å². The third-order valence-corrected chi connectivity index (χ3v) is 5.36. The summed E-state index contributed by atoms with van der Waals surface area (Å²) in [6.07, 6.45) is 0. The van der Waals surface area contributed by atoms with Gasteiger partial charge in [-0.2, -0.15) is 0 Å². The van der Waals surface area contributed by atoms with Crippen molar-refractivity contribution in [2.24, 2.45) is 0 Å². The van der Waals surface area contributed by atoms with Crippen LogP contribution in [0.1, 0.15) is 16.0 Å². The number of halogens is 1. The molecule has 1 aliphatic heterocycles. The van der Waals surface area contributed by atoms with E-state index in [4.69, 9.17) is 9.47 Å². The molecule has 1 aliphatic rings. The van der Waals surface area contributed by atoms with Gasteiger partial charge in [0.15, 0.2) is 6.79 Å². The first-order chi connectivity index (χ1) is 11.8. The average molecular weight is 364 g/mol. The van der Waals surface area contributed by atoms with E-state index in [9.17, 15) is 4.39 Å². The summed E-state index contributed by atoms with van der Waals surface area (Å²) in [5.41, 5.74) is 1.51. The summed E-state index contributed by atoms with van der Waals surface area (Å²) in [5, 5.41) is 14.5. The fourth-order valence-corrected chi connectivity index (χ4v) is 3.98. The molecule has 124 valence electrons. The largest absolute Gasteiger partial charge is 0.467 e. The van der Waals surface area contributed by atoms with Crippen LogP contribution in [-0.2, 0) is 23.6 Å². The molecule has 6 nitrogen and oxygen atoms in total. The van der Waals surface area contributed by atoms with Gasteiger partial charge in [-0.3, -0.25) is 0 Å². The van der Waals surface area contributed by atoms with E-state index in [0.717, 1.165) is 11.1 Å². The molecule has 0 N–H and O–H groups in total. The van der Waals surface area contributed by atoms with E-state index < -0.39 is 0 Å². The van der Waals surface area contributed by atoms with Crippen LogP contribution in [0.4, 0.5) is 4.39 Å². The van der Waals surface area contributed by atoms with E-state index in [-0.39, 0.29) is 12.6 Å². The molecule has 0 unspecified atom stereocenters. The Morgan fingerprint density at radius 1 is 1.38 bits per heavy atom. The van der Waals surface area contributed by atoms with Crippen LogP contribution < -0.4 is 4.74 Å². The Kier molecular flexibility index (Phi) is 4.46. The van der Waals surface area contributed by atoms with Gasteiger partial charge in [0.1, 0.15) is 11.6 Å². The van der Waals surface area contributed by atoms with Crippen LogP contribution in [0.5, 0.6) is 5.75 Å². The number of hydrogen-bond acceptors (Lipinski definition) is 7. The molecular formula is C15H13FN4O2S2. The minimum atomic E-state index is -0.295. The van der Waals surface area contributed by atoms with Gasteiger partial charge in [0.25, 0.3) is 0 Å². The Labute approximate surface area is 145 Å². The summed E-state index contributed by atoms with van der Waals surface area (Å²) >= 11 is 3.11. The monoisotopic (exact) mass is 364 g/mol. The third-order valence-electron chi connectivity index (χ3n) is 3.49. The molecule has 0 radical (unpaired) electrons. The lowest BCUT2D eigenvalue weighted by Crippen LogP contribution is -2.13. The van der Waals surface area contributed by atoms with Gasteiger partial charge in [-0.25, -0.2) is 9.07 Å². The number of tetrazole rings is 1. The zero-order chi connectivity index (χ0) is 16.4. The highest BCUT2D eigenvalue weighted by molar-refractivity contribution is 7.98. The molecule has 0 fully saturated rings. The second kappa shape index (κ2) is 6.88. The highest BCUT2D eigenvalue weighted by atomic mass is 32.2. The fourth-order valence-electron chi connectivity index (χ4n) is 2.46. The predicted octanol–water partition coefficient (Wildman–Crippen LogP) is 3.08. The minimum absolute atomic E-state index is 0.187. The number of benzene rings is 1. The van der Waals surface area contributed by atoms with Crippen LogP contribution in [0.3, 0.4) is 0 Å². The van der Waals surface area contributed by atoms with Crippen molar-refractivity contribution in [3.05, 3.63) is 51.5 Å². The van der Waals surface area contributed by atoms with Crippen molar-refractivity contribution in [1.82, 2.24) is 20.2 Å². The van der Waals surface area contributed by atoms with E-state index in [1.807, 2.05) is 17.5 Å². The Morgan fingerprint density at radius 3 is 3.21 bits per heavy atom. The number of ether oxygens (including phenoxy) is 2. The Morgan fingerprint density at radius 2 is 2.33 bits per heavy atom. The molecule has 0 bridgehead atoms. The highest BCUT2D eigenvalue weighted by Gasteiger charge is 2.18. The molecule has 0 amide bonds. The van der Waals surface area contributed by atoms with Crippen molar-refractivity contribution in [3.63, 3.8) is 0 Å². The smallest absolute Gasteiger partial charge is 0.209 e. The lowest BCUT2D eigenvalue weighted by atomic mass is 10.1. The van der Waals surface area contributed by atoms with E-state index in [1.54, 1.807) is 16.0 Å². The molecule has 0 aliphatic carbocycles. The quantitative estimate of drug-likeness (QED) is 0.649. The van der Waals surface area contributed by atoms with Crippen LogP contribution in [0.2, 0.25) is 0 Å². The first-order valence-corrected chi connectivity index (χ1v) is 9.09. The number of aromatic nitrogens is 4. The maximum Gasteiger partial charge on any atom is 0.209 e. The molecule has 0 saturated carbocycles. The number of thiophene rings is 1. The maximum atomic E-state index is 13.8. The topological polar surface area (TPSA) is 62.1 Å². The lowest BCUT2D eigenvalue weighted by molar-refractivity contribution is -0.0171. The Bertz CT molecular complexity index is 838. The van der Waals surface area contributed by atoms with Gasteiger partial charge < -0.3 is 9.47 Å². The van der Waals surface area contributed by atoms with E-state index in [0.29, 0.717) is 29.8 Å².